The van der Waals surface area contributed by atoms with E-state index >= 15 is 0 Å². The van der Waals surface area contributed by atoms with Crippen molar-refractivity contribution >= 4 is 21.6 Å². The number of aryl methyl sites for hydroxylation is 1. The SMILES string of the molecule is Cn1cc(CCNc2ccc(OC(F)(F)F)c(Br)c2)cn1. The third-order valence-electron chi connectivity index (χ3n) is 2.66. The largest absolute Gasteiger partial charge is 0.573 e. The summed E-state index contributed by atoms with van der Waals surface area (Å²) in [5, 5.41) is 7.19. The molecule has 114 valence electrons. The number of halogens is 4. The van der Waals surface area contributed by atoms with Gasteiger partial charge in [0.1, 0.15) is 5.75 Å². The Balaban J connectivity index is 1.91. The van der Waals surface area contributed by atoms with Crippen LogP contribution in [-0.2, 0) is 13.5 Å². The second kappa shape index (κ2) is 6.38. The summed E-state index contributed by atoms with van der Waals surface area (Å²) in [6.07, 6.45) is -0.236. The maximum atomic E-state index is 12.1. The van der Waals surface area contributed by atoms with E-state index in [-0.39, 0.29) is 10.2 Å². The molecule has 0 bridgehead atoms. The number of anilines is 1. The van der Waals surface area contributed by atoms with Crippen molar-refractivity contribution in [2.75, 3.05) is 11.9 Å². The Morgan fingerprint density at radius 3 is 2.71 bits per heavy atom. The van der Waals surface area contributed by atoms with Gasteiger partial charge >= 0.3 is 6.36 Å². The van der Waals surface area contributed by atoms with Gasteiger partial charge in [0.25, 0.3) is 0 Å². The predicted octanol–water partition coefficient (Wildman–Crippen LogP) is 3.74. The Morgan fingerprint density at radius 2 is 2.14 bits per heavy atom. The Bertz CT molecular complexity index is 613. The number of nitrogens with one attached hydrogen (secondary N) is 1. The molecule has 2 rings (SSSR count). The molecule has 0 fully saturated rings. The molecular weight excluding hydrogens is 351 g/mol. The number of nitrogens with zero attached hydrogens (tertiary/aromatic N) is 2. The molecule has 0 saturated heterocycles. The summed E-state index contributed by atoms with van der Waals surface area (Å²) in [4.78, 5) is 0. The van der Waals surface area contributed by atoms with E-state index in [2.05, 4.69) is 31.1 Å². The first-order chi connectivity index (χ1) is 9.83. The van der Waals surface area contributed by atoms with E-state index in [1.165, 1.54) is 12.1 Å². The summed E-state index contributed by atoms with van der Waals surface area (Å²) in [5.41, 5.74) is 1.79. The van der Waals surface area contributed by atoms with Gasteiger partial charge in [0.2, 0.25) is 0 Å². The highest BCUT2D eigenvalue weighted by molar-refractivity contribution is 9.10. The van der Waals surface area contributed by atoms with Gasteiger partial charge in [-0.25, -0.2) is 0 Å². The molecule has 1 N–H and O–H groups in total. The molecule has 0 saturated carbocycles. The summed E-state index contributed by atoms with van der Waals surface area (Å²) in [6.45, 7) is 0.650. The van der Waals surface area contributed by atoms with Gasteiger partial charge in [0, 0.05) is 25.5 Å². The molecule has 0 aliphatic carbocycles. The Labute approximate surface area is 128 Å². The molecule has 2 aromatic rings. The van der Waals surface area contributed by atoms with Crippen LogP contribution in [0.2, 0.25) is 0 Å². The van der Waals surface area contributed by atoms with Crippen LogP contribution in [0.25, 0.3) is 0 Å². The smallest absolute Gasteiger partial charge is 0.405 e. The maximum Gasteiger partial charge on any atom is 0.573 e. The van der Waals surface area contributed by atoms with E-state index in [1.54, 1.807) is 16.9 Å². The van der Waals surface area contributed by atoms with Crippen LogP contribution in [0.4, 0.5) is 18.9 Å². The number of aromatic nitrogens is 2. The lowest BCUT2D eigenvalue weighted by molar-refractivity contribution is -0.274. The average molecular weight is 364 g/mol. The van der Waals surface area contributed by atoms with Crippen molar-refractivity contribution in [2.45, 2.75) is 12.8 Å². The van der Waals surface area contributed by atoms with Gasteiger partial charge < -0.3 is 10.1 Å². The molecule has 4 nitrogen and oxygen atoms in total. The number of ether oxygens (including phenoxy) is 1. The first-order valence-corrected chi connectivity index (χ1v) is 6.89. The molecule has 0 amide bonds. The zero-order valence-electron chi connectivity index (χ0n) is 11.1. The highest BCUT2D eigenvalue weighted by Crippen LogP contribution is 2.32. The van der Waals surface area contributed by atoms with Gasteiger partial charge in [-0.1, -0.05) is 0 Å². The van der Waals surface area contributed by atoms with E-state index in [4.69, 9.17) is 0 Å². The molecular formula is C13H13BrF3N3O. The highest BCUT2D eigenvalue weighted by Gasteiger charge is 2.31. The third-order valence-corrected chi connectivity index (χ3v) is 3.28. The molecule has 0 radical (unpaired) electrons. The first-order valence-electron chi connectivity index (χ1n) is 6.10. The van der Waals surface area contributed by atoms with E-state index in [9.17, 15) is 13.2 Å². The lowest BCUT2D eigenvalue weighted by atomic mass is 10.2. The Hall–Kier alpha value is -1.70. The van der Waals surface area contributed by atoms with Crippen molar-refractivity contribution in [2.24, 2.45) is 7.05 Å². The number of rotatable bonds is 5. The van der Waals surface area contributed by atoms with Crippen LogP contribution in [0.5, 0.6) is 5.75 Å². The van der Waals surface area contributed by atoms with Crippen LogP contribution in [0.3, 0.4) is 0 Å². The minimum absolute atomic E-state index is 0.242. The third kappa shape index (κ3) is 4.96. The molecule has 0 aliphatic heterocycles. The fourth-order valence-electron chi connectivity index (χ4n) is 1.77. The molecule has 0 aliphatic rings. The molecule has 1 aromatic heterocycles. The molecule has 8 heteroatoms. The van der Waals surface area contributed by atoms with E-state index in [0.29, 0.717) is 12.2 Å². The van der Waals surface area contributed by atoms with Crippen LogP contribution in [0.1, 0.15) is 5.56 Å². The minimum atomic E-state index is -4.70. The van der Waals surface area contributed by atoms with Gasteiger partial charge in [-0.15, -0.1) is 13.2 Å². The Kier molecular flexibility index (Phi) is 4.76. The number of benzene rings is 1. The lowest BCUT2D eigenvalue weighted by Gasteiger charge is -2.12. The van der Waals surface area contributed by atoms with E-state index < -0.39 is 6.36 Å². The van der Waals surface area contributed by atoms with Crippen LogP contribution in [0, 0.1) is 0 Å². The number of hydrogen-bond acceptors (Lipinski definition) is 3. The van der Waals surface area contributed by atoms with E-state index in [1.807, 2.05) is 13.2 Å². The normalized spacial score (nSPS) is 11.5. The topological polar surface area (TPSA) is 39.1 Å². The predicted molar refractivity (Wildman–Crippen MR) is 76.2 cm³/mol. The van der Waals surface area contributed by atoms with Crippen LogP contribution in [-0.4, -0.2) is 22.7 Å². The molecule has 0 unspecified atom stereocenters. The van der Waals surface area contributed by atoms with Crippen molar-refractivity contribution in [3.8, 4) is 5.75 Å². The summed E-state index contributed by atoms with van der Waals surface area (Å²) in [5.74, 6) is -0.264. The van der Waals surface area contributed by atoms with Crippen molar-refractivity contribution in [3.63, 3.8) is 0 Å². The summed E-state index contributed by atoms with van der Waals surface area (Å²) >= 11 is 3.06. The van der Waals surface area contributed by atoms with Gasteiger partial charge in [0.15, 0.2) is 0 Å². The fraction of sp³-hybridized carbons (Fsp3) is 0.308. The molecule has 21 heavy (non-hydrogen) atoms. The summed E-state index contributed by atoms with van der Waals surface area (Å²) in [6, 6.07) is 4.35. The zero-order chi connectivity index (χ0) is 15.5. The fourth-order valence-corrected chi connectivity index (χ4v) is 2.23. The average Bonchev–Trinajstić information content (AvgIpc) is 2.77. The number of alkyl halides is 3. The lowest BCUT2D eigenvalue weighted by Crippen LogP contribution is -2.17. The Morgan fingerprint density at radius 1 is 1.38 bits per heavy atom. The maximum absolute atomic E-state index is 12.1. The van der Waals surface area contributed by atoms with Gasteiger partial charge in [0.05, 0.1) is 10.7 Å². The monoisotopic (exact) mass is 363 g/mol. The van der Waals surface area contributed by atoms with Crippen LogP contribution in [0.15, 0.2) is 35.1 Å². The second-order valence-electron chi connectivity index (χ2n) is 4.39. The standard InChI is InChI=1S/C13H13BrF3N3O/c1-20-8-9(7-19-20)4-5-18-10-2-3-12(11(14)6-10)21-13(15,16)17/h2-3,6-8,18H,4-5H2,1H3. The van der Waals surface area contributed by atoms with Crippen molar-refractivity contribution in [1.82, 2.24) is 9.78 Å². The molecule has 1 aromatic carbocycles. The molecule has 0 atom stereocenters. The zero-order valence-corrected chi connectivity index (χ0v) is 12.7. The second-order valence-corrected chi connectivity index (χ2v) is 5.25. The van der Waals surface area contributed by atoms with Crippen LogP contribution >= 0.6 is 15.9 Å². The van der Waals surface area contributed by atoms with E-state index in [0.717, 1.165) is 12.0 Å². The van der Waals surface area contributed by atoms with Gasteiger partial charge in [-0.05, 0) is 46.1 Å². The number of hydrogen-bond donors (Lipinski definition) is 1. The van der Waals surface area contributed by atoms with Crippen molar-refractivity contribution in [3.05, 3.63) is 40.6 Å². The van der Waals surface area contributed by atoms with Crippen LogP contribution < -0.4 is 10.1 Å². The van der Waals surface area contributed by atoms with Gasteiger partial charge in [-0.3, -0.25) is 4.68 Å². The highest BCUT2D eigenvalue weighted by atomic mass is 79.9. The van der Waals surface area contributed by atoms with Crippen molar-refractivity contribution in [1.29, 1.82) is 0 Å². The quantitative estimate of drug-likeness (QED) is 0.879. The summed E-state index contributed by atoms with van der Waals surface area (Å²) in [7, 11) is 1.84. The van der Waals surface area contributed by atoms with Crippen molar-refractivity contribution < 1.29 is 17.9 Å². The minimum Gasteiger partial charge on any atom is -0.405 e. The molecule has 1 heterocycles. The summed E-state index contributed by atoms with van der Waals surface area (Å²) < 4.78 is 42.3. The molecule has 0 spiro atoms. The van der Waals surface area contributed by atoms with Gasteiger partial charge in [-0.2, -0.15) is 5.10 Å². The first kappa shape index (κ1) is 15.7.